The molecule has 4 nitrogen and oxygen atoms in total. The number of nitrogens with one attached hydrogen (secondary N) is 1. The summed E-state index contributed by atoms with van der Waals surface area (Å²) in [6.07, 6.45) is 2.88. The van der Waals surface area contributed by atoms with Crippen LogP contribution in [0.15, 0.2) is 27.8 Å². The molecule has 2 heterocycles. The average molecular weight is 329 g/mol. The van der Waals surface area contributed by atoms with Crippen molar-refractivity contribution in [3.05, 3.63) is 38.2 Å². The van der Waals surface area contributed by atoms with Crippen molar-refractivity contribution >= 4 is 32.7 Å². The van der Waals surface area contributed by atoms with Crippen LogP contribution in [0.4, 0.5) is 0 Å². The van der Waals surface area contributed by atoms with E-state index in [2.05, 4.69) is 4.72 Å². The normalized spacial score (nSPS) is 18.9. The molecule has 0 aliphatic heterocycles. The summed E-state index contributed by atoms with van der Waals surface area (Å²) >= 11 is 2.95. The quantitative estimate of drug-likeness (QED) is 0.906. The summed E-state index contributed by atoms with van der Waals surface area (Å²) in [6, 6.07) is 3.41. The minimum atomic E-state index is -3.52. The van der Waals surface area contributed by atoms with Crippen molar-refractivity contribution in [3.8, 4) is 0 Å². The fraction of sp³-hybridized carbons (Fsp3) is 0.385. The van der Waals surface area contributed by atoms with Gasteiger partial charge in [-0.15, -0.1) is 22.7 Å². The summed E-state index contributed by atoms with van der Waals surface area (Å²) in [6.45, 7) is -0.127. The second kappa shape index (κ2) is 5.57. The Labute approximate surface area is 126 Å². The van der Waals surface area contributed by atoms with Gasteiger partial charge in [0.05, 0.1) is 11.5 Å². The molecular weight excluding hydrogens is 314 g/mol. The summed E-state index contributed by atoms with van der Waals surface area (Å²) in [5.41, 5.74) is 1.11. The minimum absolute atomic E-state index is 0.127. The number of hydrogen-bond acceptors (Lipinski definition) is 5. The molecule has 0 saturated carbocycles. The molecular formula is C13H15NO3S3. The molecule has 0 fully saturated rings. The third-order valence-corrected chi connectivity index (χ3v) is 6.96. The van der Waals surface area contributed by atoms with Gasteiger partial charge in [0.1, 0.15) is 0 Å². The molecule has 108 valence electrons. The molecule has 0 amide bonds. The summed E-state index contributed by atoms with van der Waals surface area (Å²) < 4.78 is 27.6. The van der Waals surface area contributed by atoms with Crippen LogP contribution in [0.1, 0.15) is 34.2 Å². The summed E-state index contributed by atoms with van der Waals surface area (Å²) in [5.74, 6) is 0. The maximum atomic E-state index is 12.4. The van der Waals surface area contributed by atoms with Crippen LogP contribution in [0.2, 0.25) is 0 Å². The molecule has 2 aromatic rings. The van der Waals surface area contributed by atoms with Gasteiger partial charge in [0.25, 0.3) is 0 Å². The van der Waals surface area contributed by atoms with Gasteiger partial charge in [-0.3, -0.25) is 0 Å². The molecule has 3 rings (SSSR count). The van der Waals surface area contributed by atoms with E-state index in [-0.39, 0.29) is 17.5 Å². The van der Waals surface area contributed by atoms with Crippen LogP contribution in [-0.4, -0.2) is 13.5 Å². The van der Waals surface area contributed by atoms with Crippen molar-refractivity contribution in [2.75, 3.05) is 0 Å². The Kier molecular flexibility index (Phi) is 3.96. The third kappa shape index (κ3) is 2.68. The predicted molar refractivity (Wildman–Crippen MR) is 80.6 cm³/mol. The molecule has 1 aliphatic carbocycles. The Morgan fingerprint density at radius 2 is 2.25 bits per heavy atom. The van der Waals surface area contributed by atoms with E-state index in [9.17, 15) is 8.42 Å². The molecule has 20 heavy (non-hydrogen) atoms. The Hall–Kier alpha value is -0.730. The Balaban J connectivity index is 1.84. The monoisotopic (exact) mass is 329 g/mol. The molecule has 0 radical (unpaired) electrons. The van der Waals surface area contributed by atoms with Gasteiger partial charge < -0.3 is 5.11 Å². The van der Waals surface area contributed by atoms with E-state index in [4.69, 9.17) is 5.11 Å². The van der Waals surface area contributed by atoms with E-state index >= 15 is 0 Å². The highest BCUT2D eigenvalue weighted by Gasteiger charge is 2.27. The largest absolute Gasteiger partial charge is 0.391 e. The Bertz CT molecular complexity index is 702. The number of aliphatic hydroxyl groups excluding tert-OH is 1. The van der Waals surface area contributed by atoms with E-state index in [0.29, 0.717) is 4.88 Å². The third-order valence-electron chi connectivity index (χ3n) is 3.45. The van der Waals surface area contributed by atoms with Crippen molar-refractivity contribution in [2.45, 2.75) is 36.8 Å². The molecule has 0 spiro atoms. The second-order valence-electron chi connectivity index (χ2n) is 4.77. The minimum Gasteiger partial charge on any atom is -0.391 e. The lowest BCUT2D eigenvalue weighted by atomic mass is 9.95. The van der Waals surface area contributed by atoms with Gasteiger partial charge in [-0.05, 0) is 42.3 Å². The highest BCUT2D eigenvalue weighted by Crippen LogP contribution is 2.34. The van der Waals surface area contributed by atoms with Crippen molar-refractivity contribution in [1.82, 2.24) is 4.72 Å². The second-order valence-corrected chi connectivity index (χ2v) is 8.48. The van der Waals surface area contributed by atoms with Crippen molar-refractivity contribution < 1.29 is 13.5 Å². The number of aliphatic hydroxyl groups is 1. The first-order valence-corrected chi connectivity index (χ1v) is 9.61. The van der Waals surface area contributed by atoms with Crippen LogP contribution in [0.3, 0.4) is 0 Å². The van der Waals surface area contributed by atoms with Gasteiger partial charge in [-0.1, -0.05) is 0 Å². The first-order valence-electron chi connectivity index (χ1n) is 6.37. The number of rotatable bonds is 4. The van der Waals surface area contributed by atoms with Gasteiger partial charge in [-0.25, -0.2) is 13.1 Å². The average Bonchev–Trinajstić information content (AvgIpc) is 3.08. The molecule has 0 saturated heterocycles. The van der Waals surface area contributed by atoms with Gasteiger partial charge >= 0.3 is 0 Å². The molecule has 0 aromatic carbocycles. The maximum Gasteiger partial charge on any atom is 0.241 e. The van der Waals surface area contributed by atoms with Gasteiger partial charge in [0, 0.05) is 21.2 Å². The van der Waals surface area contributed by atoms with Crippen LogP contribution in [-0.2, 0) is 23.1 Å². The van der Waals surface area contributed by atoms with Crippen LogP contribution >= 0.6 is 22.7 Å². The Morgan fingerprint density at radius 3 is 3.00 bits per heavy atom. The van der Waals surface area contributed by atoms with E-state index in [0.717, 1.165) is 24.8 Å². The van der Waals surface area contributed by atoms with Crippen molar-refractivity contribution in [3.63, 3.8) is 0 Å². The smallest absolute Gasteiger partial charge is 0.241 e. The molecule has 1 aliphatic rings. The van der Waals surface area contributed by atoms with Crippen molar-refractivity contribution in [1.29, 1.82) is 0 Å². The van der Waals surface area contributed by atoms with Gasteiger partial charge in [0.2, 0.25) is 10.0 Å². The zero-order chi connectivity index (χ0) is 14.2. The standard InChI is InChI=1S/C13H15NO3S3/c15-7-9-6-10(8-19-9)20(16,17)14-12-2-1-3-13-11(12)4-5-18-13/h4-6,8,12,14-15H,1-3,7H2. The molecule has 1 atom stereocenters. The maximum absolute atomic E-state index is 12.4. The molecule has 0 bridgehead atoms. The molecule has 2 N–H and O–H groups in total. The number of fused-ring (bicyclic) bond motifs is 1. The lowest BCUT2D eigenvalue weighted by Crippen LogP contribution is -2.30. The summed E-state index contributed by atoms with van der Waals surface area (Å²) in [5, 5.41) is 12.6. The van der Waals surface area contributed by atoms with Crippen LogP contribution in [0.5, 0.6) is 0 Å². The predicted octanol–water partition coefficient (Wildman–Crippen LogP) is 2.66. The lowest BCUT2D eigenvalue weighted by Gasteiger charge is -2.23. The molecule has 2 aromatic heterocycles. The highest BCUT2D eigenvalue weighted by atomic mass is 32.2. The zero-order valence-corrected chi connectivity index (χ0v) is 13.2. The summed E-state index contributed by atoms with van der Waals surface area (Å²) in [4.78, 5) is 2.18. The van der Waals surface area contributed by atoms with Crippen LogP contribution < -0.4 is 4.72 Å². The molecule has 1 unspecified atom stereocenters. The fourth-order valence-electron chi connectivity index (χ4n) is 2.45. The van der Waals surface area contributed by atoms with Crippen molar-refractivity contribution in [2.24, 2.45) is 0 Å². The Morgan fingerprint density at radius 1 is 1.40 bits per heavy atom. The number of aryl methyl sites for hydroxylation is 1. The van der Waals surface area contributed by atoms with E-state index in [1.54, 1.807) is 16.7 Å². The van der Waals surface area contributed by atoms with E-state index < -0.39 is 10.0 Å². The fourth-order valence-corrected chi connectivity index (χ4v) is 5.82. The topological polar surface area (TPSA) is 66.4 Å². The first-order chi connectivity index (χ1) is 9.60. The zero-order valence-electron chi connectivity index (χ0n) is 10.7. The number of sulfonamides is 1. The highest BCUT2D eigenvalue weighted by molar-refractivity contribution is 7.89. The number of hydrogen-bond donors (Lipinski definition) is 2. The summed E-state index contributed by atoms with van der Waals surface area (Å²) in [7, 11) is -3.52. The first kappa shape index (κ1) is 14.2. The molecule has 7 heteroatoms. The van der Waals surface area contributed by atoms with E-state index in [1.807, 2.05) is 11.4 Å². The van der Waals surface area contributed by atoms with Gasteiger partial charge in [-0.2, -0.15) is 0 Å². The number of thiophene rings is 2. The van der Waals surface area contributed by atoms with Crippen LogP contribution in [0, 0.1) is 0 Å². The van der Waals surface area contributed by atoms with Gasteiger partial charge in [0.15, 0.2) is 0 Å². The van der Waals surface area contributed by atoms with E-state index in [1.165, 1.54) is 22.3 Å². The lowest BCUT2D eigenvalue weighted by molar-refractivity contribution is 0.285. The van der Waals surface area contributed by atoms with Crippen LogP contribution in [0.25, 0.3) is 0 Å². The SMILES string of the molecule is O=S(=O)(NC1CCCc2sccc21)c1csc(CO)c1.